The number of rotatable bonds is 7. The molecule has 8 heteroatoms. The Labute approximate surface area is 180 Å². The van der Waals surface area contributed by atoms with Gasteiger partial charge < -0.3 is 9.88 Å². The molecule has 1 aliphatic heterocycles. The molecular formula is C22H25N3O3S2. The molecule has 4 rings (SSSR count). The van der Waals surface area contributed by atoms with E-state index in [2.05, 4.69) is 23.2 Å². The van der Waals surface area contributed by atoms with Crippen LogP contribution < -0.4 is 0 Å². The number of aromatic nitrogens is 1. The van der Waals surface area contributed by atoms with E-state index >= 15 is 0 Å². The smallest absolute Gasteiger partial charge is 0.252 e. The van der Waals surface area contributed by atoms with Gasteiger partial charge in [-0.2, -0.15) is 0 Å². The highest BCUT2D eigenvalue weighted by Crippen LogP contribution is 2.29. The third-order valence-corrected chi connectivity index (χ3v) is 8.75. The minimum Gasteiger partial charge on any atom is -0.361 e. The minimum atomic E-state index is -3.45. The highest BCUT2D eigenvalue weighted by Gasteiger charge is 2.23. The molecule has 0 spiro atoms. The Morgan fingerprint density at radius 3 is 2.80 bits per heavy atom. The summed E-state index contributed by atoms with van der Waals surface area (Å²) in [5.74, 6) is 0.0751. The van der Waals surface area contributed by atoms with Crippen molar-refractivity contribution in [3.8, 4) is 0 Å². The van der Waals surface area contributed by atoms with Crippen LogP contribution in [0.1, 0.15) is 24.8 Å². The number of H-pyrrole nitrogens is 1. The molecule has 1 N–H and O–H groups in total. The number of fused-ring (bicyclic) bond motifs is 1. The van der Waals surface area contributed by atoms with Crippen molar-refractivity contribution in [3.05, 3.63) is 59.6 Å². The Balaban J connectivity index is 1.30. The van der Waals surface area contributed by atoms with Crippen LogP contribution in [0.5, 0.6) is 0 Å². The van der Waals surface area contributed by atoms with Crippen molar-refractivity contribution in [3.63, 3.8) is 0 Å². The fraction of sp³-hybridized carbons (Fsp3) is 0.318. The lowest BCUT2D eigenvalue weighted by Crippen LogP contribution is -2.35. The summed E-state index contributed by atoms with van der Waals surface area (Å²) in [6.45, 7) is 1.61. The van der Waals surface area contributed by atoms with Gasteiger partial charge in [0.05, 0.1) is 0 Å². The van der Waals surface area contributed by atoms with Crippen LogP contribution in [0.4, 0.5) is 0 Å². The number of para-hydroxylation sites is 1. The number of aromatic amines is 1. The van der Waals surface area contributed by atoms with Crippen LogP contribution >= 0.6 is 11.3 Å². The van der Waals surface area contributed by atoms with E-state index in [1.165, 1.54) is 32.2 Å². The zero-order valence-electron chi connectivity index (χ0n) is 16.9. The number of nitrogens with zero attached hydrogens (tertiary/aromatic N) is 2. The number of hydrogen-bond acceptors (Lipinski definition) is 4. The van der Waals surface area contributed by atoms with E-state index < -0.39 is 10.0 Å². The highest BCUT2D eigenvalue weighted by atomic mass is 32.2. The first kappa shape index (κ1) is 20.8. The van der Waals surface area contributed by atoms with Crippen LogP contribution in [-0.4, -0.2) is 55.2 Å². The van der Waals surface area contributed by atoms with Crippen molar-refractivity contribution >= 4 is 43.7 Å². The Morgan fingerprint density at radius 2 is 2.07 bits per heavy atom. The zero-order valence-corrected chi connectivity index (χ0v) is 18.5. The first-order chi connectivity index (χ1) is 14.5. The molecule has 0 saturated carbocycles. The normalized spacial score (nSPS) is 15.0. The Bertz CT molecular complexity index is 1160. The van der Waals surface area contributed by atoms with Crippen molar-refractivity contribution in [2.45, 2.75) is 23.5 Å². The third-order valence-electron chi connectivity index (χ3n) is 5.52. The monoisotopic (exact) mass is 443 g/mol. The third kappa shape index (κ3) is 4.21. The van der Waals surface area contributed by atoms with E-state index in [9.17, 15) is 13.2 Å². The first-order valence-corrected chi connectivity index (χ1v) is 12.3. The lowest BCUT2D eigenvalue weighted by molar-refractivity contribution is -0.130. The molecule has 158 valence electrons. The van der Waals surface area contributed by atoms with E-state index in [0.717, 1.165) is 11.9 Å². The molecular weight excluding hydrogens is 418 g/mol. The molecule has 3 aromatic rings. The van der Waals surface area contributed by atoms with Crippen LogP contribution in [-0.2, 0) is 14.8 Å². The summed E-state index contributed by atoms with van der Waals surface area (Å²) in [5, 5.41) is 2.96. The van der Waals surface area contributed by atoms with Crippen LogP contribution in [0.2, 0.25) is 0 Å². The highest BCUT2D eigenvalue weighted by molar-refractivity contribution is 7.91. The molecule has 0 unspecified atom stereocenters. The first-order valence-electron chi connectivity index (χ1n) is 10.00. The molecule has 0 fully saturated rings. The number of carbonyl (C=O) groups excluding carboxylic acids is 1. The van der Waals surface area contributed by atoms with Crippen molar-refractivity contribution in [1.29, 1.82) is 0 Å². The van der Waals surface area contributed by atoms with Gasteiger partial charge in [-0.15, -0.1) is 11.3 Å². The van der Waals surface area contributed by atoms with Crippen LogP contribution in [0, 0.1) is 0 Å². The zero-order chi connectivity index (χ0) is 21.1. The second-order valence-electron chi connectivity index (χ2n) is 7.43. The fourth-order valence-electron chi connectivity index (χ4n) is 3.77. The predicted molar refractivity (Wildman–Crippen MR) is 121 cm³/mol. The number of amides is 1. The number of sulfonamides is 1. The van der Waals surface area contributed by atoms with E-state index in [4.69, 9.17) is 0 Å². The summed E-state index contributed by atoms with van der Waals surface area (Å²) in [7, 11) is -1.89. The Kier molecular flexibility index (Phi) is 6.08. The van der Waals surface area contributed by atoms with Crippen molar-refractivity contribution in [2.75, 3.05) is 26.7 Å². The van der Waals surface area contributed by atoms with Gasteiger partial charge in [-0.1, -0.05) is 30.3 Å². The fourth-order valence-corrected chi connectivity index (χ4v) is 6.18. The average Bonchev–Trinajstić information content (AvgIpc) is 3.44. The second-order valence-corrected chi connectivity index (χ2v) is 10.6. The van der Waals surface area contributed by atoms with Gasteiger partial charge in [0.1, 0.15) is 4.21 Å². The van der Waals surface area contributed by atoms with E-state index in [1.807, 2.05) is 23.2 Å². The summed E-state index contributed by atoms with van der Waals surface area (Å²) >= 11 is 1.21. The average molecular weight is 444 g/mol. The quantitative estimate of drug-likeness (QED) is 0.601. The lowest BCUT2D eigenvalue weighted by Gasteiger charge is -2.27. The van der Waals surface area contributed by atoms with Crippen LogP contribution in [0.3, 0.4) is 0 Å². The van der Waals surface area contributed by atoms with Gasteiger partial charge in [0, 0.05) is 55.8 Å². The van der Waals surface area contributed by atoms with Crippen molar-refractivity contribution in [1.82, 2.24) is 14.2 Å². The van der Waals surface area contributed by atoms with E-state index in [0.29, 0.717) is 36.7 Å². The topological polar surface area (TPSA) is 73.5 Å². The summed E-state index contributed by atoms with van der Waals surface area (Å²) in [6.07, 6.45) is 5.85. The molecule has 0 radical (unpaired) electrons. The predicted octanol–water partition coefficient (Wildman–Crippen LogP) is 3.95. The largest absolute Gasteiger partial charge is 0.361 e. The van der Waals surface area contributed by atoms with Gasteiger partial charge in [0.2, 0.25) is 5.91 Å². The van der Waals surface area contributed by atoms with E-state index in [1.54, 1.807) is 24.6 Å². The molecule has 2 aromatic heterocycles. The molecule has 0 atom stereocenters. The van der Waals surface area contributed by atoms with Crippen molar-refractivity contribution in [2.24, 2.45) is 0 Å². The van der Waals surface area contributed by atoms with Crippen LogP contribution in [0.15, 0.2) is 58.3 Å². The standard InChI is InChI=1S/C22H25N3O3S2/c1-24(30(27,28)22-9-5-15-29-22)12-4-8-21(26)25-13-10-17(11-14-25)19-16-23-20-7-3-2-6-18(19)20/h2-3,5-7,9-10,15-16,23H,4,8,11-14H2,1H3. The molecule has 0 saturated heterocycles. The number of hydrogen-bond donors (Lipinski definition) is 1. The maximum absolute atomic E-state index is 12.6. The molecule has 1 amide bonds. The minimum absolute atomic E-state index is 0.0751. The van der Waals surface area contributed by atoms with Gasteiger partial charge in [-0.05, 0) is 35.9 Å². The molecule has 1 aliphatic rings. The lowest BCUT2D eigenvalue weighted by atomic mass is 9.99. The SMILES string of the molecule is CN(CCCC(=O)N1CC=C(c2c[nH]c3ccccc23)CC1)S(=O)(=O)c1cccs1. The summed E-state index contributed by atoms with van der Waals surface area (Å²) in [5.41, 5.74) is 3.59. The second kappa shape index (κ2) is 8.75. The number of carbonyl (C=O) groups is 1. The summed E-state index contributed by atoms with van der Waals surface area (Å²) in [4.78, 5) is 17.7. The maximum atomic E-state index is 12.6. The molecule has 3 heterocycles. The molecule has 1 aromatic carbocycles. The molecule has 30 heavy (non-hydrogen) atoms. The Hall–Kier alpha value is -2.42. The van der Waals surface area contributed by atoms with Gasteiger partial charge in [-0.25, -0.2) is 12.7 Å². The Morgan fingerprint density at radius 1 is 1.23 bits per heavy atom. The van der Waals surface area contributed by atoms with Gasteiger partial charge in [-0.3, -0.25) is 4.79 Å². The van der Waals surface area contributed by atoms with Crippen LogP contribution in [0.25, 0.3) is 16.5 Å². The number of nitrogens with one attached hydrogen (secondary N) is 1. The van der Waals surface area contributed by atoms with Gasteiger partial charge in [0.25, 0.3) is 10.0 Å². The number of thiophene rings is 1. The summed E-state index contributed by atoms with van der Waals surface area (Å²) in [6, 6.07) is 11.6. The van der Waals surface area contributed by atoms with E-state index in [-0.39, 0.29) is 5.91 Å². The van der Waals surface area contributed by atoms with Crippen molar-refractivity contribution < 1.29 is 13.2 Å². The maximum Gasteiger partial charge on any atom is 0.252 e. The van der Waals surface area contributed by atoms with Gasteiger partial charge in [0.15, 0.2) is 0 Å². The van der Waals surface area contributed by atoms with Gasteiger partial charge >= 0.3 is 0 Å². The summed E-state index contributed by atoms with van der Waals surface area (Å²) < 4.78 is 26.6. The molecule has 6 nitrogen and oxygen atoms in total. The number of benzene rings is 1. The molecule has 0 bridgehead atoms. The molecule has 0 aliphatic carbocycles.